The Labute approximate surface area is 104 Å². The molecule has 1 aliphatic rings. The van der Waals surface area contributed by atoms with Crippen LogP contribution < -0.4 is 15.8 Å². The summed E-state index contributed by atoms with van der Waals surface area (Å²) in [7, 11) is 0. The van der Waals surface area contributed by atoms with Crippen molar-refractivity contribution in [2.75, 3.05) is 11.9 Å². The van der Waals surface area contributed by atoms with E-state index in [4.69, 9.17) is 15.6 Å². The number of carbonyl (C=O) groups is 2. The van der Waals surface area contributed by atoms with Gasteiger partial charge in [-0.3, -0.25) is 9.59 Å². The number of aliphatic carboxylic acids is 1. The van der Waals surface area contributed by atoms with Crippen LogP contribution in [0.4, 0.5) is 5.69 Å². The third-order valence-corrected chi connectivity index (χ3v) is 2.74. The van der Waals surface area contributed by atoms with Crippen LogP contribution in [0.25, 0.3) is 0 Å². The molecular weight excluding hydrogens is 236 g/mol. The number of nitrogens with two attached hydrogens (primary N) is 1. The summed E-state index contributed by atoms with van der Waals surface area (Å²) in [6, 6.07) is 4.86. The van der Waals surface area contributed by atoms with Crippen molar-refractivity contribution in [3.63, 3.8) is 0 Å². The fraction of sp³-hybridized carbons (Fsp3) is 0.333. The summed E-state index contributed by atoms with van der Waals surface area (Å²) in [5.74, 6) is -0.491. The van der Waals surface area contributed by atoms with E-state index in [2.05, 4.69) is 5.32 Å². The second kappa shape index (κ2) is 5.05. The van der Waals surface area contributed by atoms with E-state index in [0.717, 1.165) is 5.56 Å². The van der Waals surface area contributed by atoms with Crippen LogP contribution in [0.2, 0.25) is 0 Å². The number of rotatable bonds is 4. The second-order valence-electron chi connectivity index (χ2n) is 4.13. The van der Waals surface area contributed by atoms with Crippen molar-refractivity contribution in [1.82, 2.24) is 0 Å². The number of ether oxygens (including phenoxy) is 1. The smallest absolute Gasteiger partial charge is 0.303 e. The third kappa shape index (κ3) is 2.78. The zero-order valence-corrected chi connectivity index (χ0v) is 9.68. The lowest BCUT2D eigenvalue weighted by molar-refractivity contribution is -0.137. The van der Waals surface area contributed by atoms with Gasteiger partial charge in [-0.25, -0.2) is 0 Å². The molecule has 0 aliphatic carbocycles. The van der Waals surface area contributed by atoms with Crippen LogP contribution in [-0.2, 0) is 9.59 Å². The topological polar surface area (TPSA) is 102 Å². The maximum absolute atomic E-state index is 11.1. The average Bonchev–Trinajstić information content (AvgIpc) is 2.35. The number of hydrogen-bond donors (Lipinski definition) is 3. The summed E-state index contributed by atoms with van der Waals surface area (Å²) in [5.41, 5.74) is 7.31. The Morgan fingerprint density at radius 2 is 2.33 bits per heavy atom. The summed E-state index contributed by atoms with van der Waals surface area (Å²) < 4.78 is 5.27. The van der Waals surface area contributed by atoms with Gasteiger partial charge >= 0.3 is 5.97 Å². The van der Waals surface area contributed by atoms with Crippen molar-refractivity contribution >= 4 is 17.6 Å². The van der Waals surface area contributed by atoms with Gasteiger partial charge in [-0.15, -0.1) is 0 Å². The van der Waals surface area contributed by atoms with E-state index in [0.29, 0.717) is 17.9 Å². The monoisotopic (exact) mass is 250 g/mol. The maximum Gasteiger partial charge on any atom is 0.303 e. The molecule has 1 aromatic carbocycles. The van der Waals surface area contributed by atoms with Crippen molar-refractivity contribution in [3.8, 4) is 5.75 Å². The quantitative estimate of drug-likeness (QED) is 0.736. The standard InChI is InChI=1S/C12H14N2O4/c13-8(2-4-12(16)17)7-1-3-9-10(5-7)18-6-11(15)14-9/h1,3,5,8H,2,4,6,13H2,(H,14,15)(H,16,17). The molecule has 0 saturated carbocycles. The van der Waals surface area contributed by atoms with Gasteiger partial charge in [0, 0.05) is 12.5 Å². The summed E-state index contributed by atoms with van der Waals surface area (Å²) in [4.78, 5) is 21.6. The van der Waals surface area contributed by atoms with Gasteiger partial charge in [0.1, 0.15) is 5.75 Å². The predicted octanol–water partition coefficient (Wildman–Crippen LogP) is 0.882. The molecule has 1 amide bonds. The van der Waals surface area contributed by atoms with Crippen LogP contribution >= 0.6 is 0 Å². The average molecular weight is 250 g/mol. The van der Waals surface area contributed by atoms with E-state index in [1.165, 1.54) is 0 Å². The number of carboxylic acids is 1. The van der Waals surface area contributed by atoms with Gasteiger partial charge in [0.25, 0.3) is 5.91 Å². The number of anilines is 1. The minimum Gasteiger partial charge on any atom is -0.482 e. The zero-order chi connectivity index (χ0) is 13.1. The SMILES string of the molecule is NC(CCC(=O)O)c1ccc2c(c1)OCC(=O)N2. The maximum atomic E-state index is 11.1. The summed E-state index contributed by atoms with van der Waals surface area (Å²) >= 11 is 0. The highest BCUT2D eigenvalue weighted by molar-refractivity contribution is 5.95. The highest BCUT2D eigenvalue weighted by Crippen LogP contribution is 2.31. The minimum absolute atomic E-state index is 0.0131. The van der Waals surface area contributed by atoms with Gasteiger partial charge in [-0.2, -0.15) is 0 Å². The Morgan fingerprint density at radius 1 is 1.56 bits per heavy atom. The van der Waals surface area contributed by atoms with E-state index in [1.54, 1.807) is 18.2 Å². The molecule has 2 rings (SSSR count). The van der Waals surface area contributed by atoms with Crippen LogP contribution in [-0.4, -0.2) is 23.6 Å². The fourth-order valence-electron chi connectivity index (χ4n) is 1.77. The first-order valence-corrected chi connectivity index (χ1v) is 5.60. The molecule has 1 heterocycles. The molecule has 0 saturated heterocycles. The first kappa shape index (κ1) is 12.4. The lowest BCUT2D eigenvalue weighted by Crippen LogP contribution is -2.25. The summed E-state index contributed by atoms with van der Waals surface area (Å²) in [6.07, 6.45) is 0.385. The van der Waals surface area contributed by atoms with E-state index in [-0.39, 0.29) is 25.0 Å². The van der Waals surface area contributed by atoms with Crippen molar-refractivity contribution in [2.45, 2.75) is 18.9 Å². The fourth-order valence-corrected chi connectivity index (χ4v) is 1.77. The molecule has 6 heteroatoms. The van der Waals surface area contributed by atoms with Crippen molar-refractivity contribution < 1.29 is 19.4 Å². The molecule has 0 aromatic heterocycles. The van der Waals surface area contributed by atoms with Gasteiger partial charge in [0.15, 0.2) is 6.61 Å². The Kier molecular flexibility index (Phi) is 3.47. The molecule has 0 fully saturated rings. The van der Waals surface area contributed by atoms with Gasteiger partial charge in [-0.05, 0) is 24.1 Å². The number of amides is 1. The van der Waals surface area contributed by atoms with Gasteiger partial charge < -0.3 is 20.9 Å². The van der Waals surface area contributed by atoms with Gasteiger partial charge in [0.2, 0.25) is 0 Å². The van der Waals surface area contributed by atoms with E-state index in [9.17, 15) is 9.59 Å². The Bertz CT molecular complexity index is 487. The molecule has 4 N–H and O–H groups in total. The molecule has 1 aromatic rings. The lowest BCUT2D eigenvalue weighted by Gasteiger charge is -2.20. The van der Waals surface area contributed by atoms with Crippen LogP contribution in [0, 0.1) is 0 Å². The molecule has 0 radical (unpaired) electrons. The van der Waals surface area contributed by atoms with E-state index < -0.39 is 5.97 Å². The predicted molar refractivity (Wildman–Crippen MR) is 64.4 cm³/mol. The number of carboxylic acid groups (broad SMARTS) is 1. The van der Waals surface area contributed by atoms with Gasteiger partial charge in [0.05, 0.1) is 5.69 Å². The van der Waals surface area contributed by atoms with Crippen LogP contribution in [0.3, 0.4) is 0 Å². The zero-order valence-electron chi connectivity index (χ0n) is 9.68. The minimum atomic E-state index is -0.869. The van der Waals surface area contributed by atoms with Crippen LogP contribution in [0.5, 0.6) is 5.75 Å². The third-order valence-electron chi connectivity index (χ3n) is 2.74. The van der Waals surface area contributed by atoms with E-state index >= 15 is 0 Å². The molecule has 96 valence electrons. The highest BCUT2D eigenvalue weighted by atomic mass is 16.5. The van der Waals surface area contributed by atoms with Crippen LogP contribution in [0.1, 0.15) is 24.4 Å². The van der Waals surface area contributed by atoms with Crippen LogP contribution in [0.15, 0.2) is 18.2 Å². The van der Waals surface area contributed by atoms with E-state index in [1.807, 2.05) is 0 Å². The highest BCUT2D eigenvalue weighted by Gasteiger charge is 2.17. The summed E-state index contributed by atoms with van der Waals surface area (Å²) in [5, 5.41) is 11.3. The molecule has 0 spiro atoms. The second-order valence-corrected chi connectivity index (χ2v) is 4.13. The first-order chi connectivity index (χ1) is 8.56. The molecule has 18 heavy (non-hydrogen) atoms. The van der Waals surface area contributed by atoms with Crippen molar-refractivity contribution in [3.05, 3.63) is 23.8 Å². The van der Waals surface area contributed by atoms with Gasteiger partial charge in [-0.1, -0.05) is 6.07 Å². The molecule has 1 aliphatic heterocycles. The number of carbonyl (C=O) groups excluding carboxylic acids is 1. The van der Waals surface area contributed by atoms with Crippen molar-refractivity contribution in [2.24, 2.45) is 5.73 Å². The Balaban J connectivity index is 2.11. The Hall–Kier alpha value is -2.08. The molecule has 0 bridgehead atoms. The normalized spacial score (nSPS) is 15.3. The number of benzene rings is 1. The number of hydrogen-bond acceptors (Lipinski definition) is 4. The number of nitrogens with one attached hydrogen (secondary N) is 1. The summed E-state index contributed by atoms with van der Waals surface area (Å²) in [6.45, 7) is -0.0131. The molecule has 1 unspecified atom stereocenters. The molecule has 6 nitrogen and oxygen atoms in total. The van der Waals surface area contributed by atoms with Crippen molar-refractivity contribution in [1.29, 1.82) is 0 Å². The lowest BCUT2D eigenvalue weighted by atomic mass is 10.0. The molecular formula is C12H14N2O4. The molecule has 1 atom stereocenters. The Morgan fingerprint density at radius 3 is 3.06 bits per heavy atom. The first-order valence-electron chi connectivity index (χ1n) is 5.60. The number of fused-ring (bicyclic) bond motifs is 1. The largest absolute Gasteiger partial charge is 0.482 e.